The molecule has 158 valence electrons. The summed E-state index contributed by atoms with van der Waals surface area (Å²) in [6.45, 7) is 1.91. The summed E-state index contributed by atoms with van der Waals surface area (Å²) in [6.07, 6.45) is 0.170. The van der Waals surface area contributed by atoms with Gasteiger partial charge in [-0.2, -0.15) is 0 Å². The van der Waals surface area contributed by atoms with E-state index < -0.39 is 26.4 Å². The Kier molecular flexibility index (Phi) is 8.88. The van der Waals surface area contributed by atoms with Crippen LogP contribution in [0.25, 0.3) is 10.9 Å². The molecule has 1 aromatic heterocycles. The van der Waals surface area contributed by atoms with Crippen molar-refractivity contribution < 1.29 is 41.7 Å². The van der Waals surface area contributed by atoms with E-state index in [1.807, 2.05) is 54.6 Å². The monoisotopic (exact) mass is 476 g/mol. The third kappa shape index (κ3) is 6.60. The van der Waals surface area contributed by atoms with Gasteiger partial charge in [-0.15, -0.1) is 0 Å². The molecule has 3 aromatic rings. The van der Waals surface area contributed by atoms with Crippen molar-refractivity contribution in [2.45, 2.75) is 26.5 Å². The van der Waals surface area contributed by atoms with Crippen molar-refractivity contribution in [2.24, 2.45) is 0 Å². The standard InChI is InChI=1S/C21H20N2O3.BrHO3/c1-2-18(24)19(25)13-23-17-11-7-6-10-16(17)20(12-21(23)22)26-14-15-8-4-3-5-9-15;2-1(3)4/h3-12,22H,2,13-14H2,1H3;2H. The molecular formula is C21H21BrN2O6. The Hall–Kier alpha value is -2.85. The average Bonchev–Trinajstić information content (AvgIpc) is 2.74. The second kappa shape index (κ2) is 11.4. The molecule has 2 N–H and O–H groups in total. The summed E-state index contributed by atoms with van der Waals surface area (Å²) in [5.41, 5.74) is 1.85. The highest BCUT2D eigenvalue weighted by Gasteiger charge is 2.15. The molecule has 30 heavy (non-hydrogen) atoms. The van der Waals surface area contributed by atoms with Crippen LogP contribution in [0.3, 0.4) is 0 Å². The minimum absolute atomic E-state index is 0.129. The number of ketones is 2. The number of hydrogen-bond donors (Lipinski definition) is 2. The molecule has 8 nitrogen and oxygen atoms in total. The van der Waals surface area contributed by atoms with E-state index in [4.69, 9.17) is 22.7 Å². The Morgan fingerprint density at radius 1 is 1.07 bits per heavy atom. The molecule has 0 amide bonds. The molecular weight excluding hydrogens is 456 g/mol. The summed E-state index contributed by atoms with van der Waals surface area (Å²) >= 11 is -3.40. The van der Waals surface area contributed by atoms with E-state index in [9.17, 15) is 9.59 Å². The van der Waals surface area contributed by atoms with E-state index in [1.165, 1.54) is 0 Å². The van der Waals surface area contributed by atoms with Gasteiger partial charge in [0.15, 0.2) is 5.78 Å². The first kappa shape index (κ1) is 23.4. The Morgan fingerprint density at radius 3 is 2.30 bits per heavy atom. The number of hydrogen-bond acceptors (Lipinski definition) is 7. The number of ether oxygens (including phenoxy) is 1. The molecule has 0 saturated carbocycles. The predicted octanol–water partition coefficient (Wildman–Crippen LogP) is 0.313. The fourth-order valence-electron chi connectivity index (χ4n) is 2.78. The largest absolute Gasteiger partial charge is 0.488 e. The van der Waals surface area contributed by atoms with E-state index in [-0.39, 0.29) is 18.5 Å². The zero-order chi connectivity index (χ0) is 22.1. The van der Waals surface area contributed by atoms with E-state index in [0.29, 0.717) is 17.9 Å². The number of carbonyl (C=O) groups is 2. The Morgan fingerprint density at radius 2 is 1.67 bits per heavy atom. The van der Waals surface area contributed by atoms with Gasteiger partial charge in [0.25, 0.3) is 0 Å². The van der Waals surface area contributed by atoms with Crippen molar-refractivity contribution in [1.29, 1.82) is 5.41 Å². The van der Waals surface area contributed by atoms with Crippen LogP contribution in [-0.4, -0.2) is 20.3 Å². The molecule has 2 aromatic carbocycles. The highest BCUT2D eigenvalue weighted by molar-refractivity contribution is 6.37. The minimum Gasteiger partial charge on any atom is -0.488 e. The van der Waals surface area contributed by atoms with Crippen LogP contribution < -0.4 is 18.6 Å². The molecule has 0 aliphatic heterocycles. The van der Waals surface area contributed by atoms with Crippen molar-refractivity contribution >= 4 is 22.5 Å². The first-order valence-electron chi connectivity index (χ1n) is 8.98. The van der Waals surface area contributed by atoms with Crippen LogP contribution in [0.1, 0.15) is 18.9 Å². The third-order valence-corrected chi connectivity index (χ3v) is 4.19. The molecule has 0 radical (unpaired) electrons. The van der Waals surface area contributed by atoms with Crippen LogP contribution >= 0.6 is 0 Å². The number of nitrogens with one attached hydrogen (secondary N) is 1. The Labute approximate surface area is 178 Å². The first-order valence-corrected chi connectivity index (χ1v) is 11.0. The van der Waals surface area contributed by atoms with Crippen LogP contribution in [-0.2, 0) is 22.7 Å². The number of Topliss-reactive ketones (excluding diaryl/α,β-unsaturated/α-hetero) is 2. The molecule has 0 saturated heterocycles. The van der Waals surface area contributed by atoms with Gasteiger partial charge in [0, 0.05) is 17.9 Å². The Balaban J connectivity index is 0.000000735. The number of fused-ring (bicyclic) bond motifs is 1. The van der Waals surface area contributed by atoms with Gasteiger partial charge in [0.1, 0.15) is 17.8 Å². The predicted molar refractivity (Wildman–Crippen MR) is 101 cm³/mol. The van der Waals surface area contributed by atoms with E-state index in [2.05, 4.69) is 0 Å². The summed E-state index contributed by atoms with van der Waals surface area (Å²) in [5, 5.41) is 9.09. The quantitative estimate of drug-likeness (QED) is 0.470. The summed E-state index contributed by atoms with van der Waals surface area (Å²) in [6, 6.07) is 18.8. The average molecular weight is 477 g/mol. The fourth-order valence-corrected chi connectivity index (χ4v) is 2.78. The van der Waals surface area contributed by atoms with Gasteiger partial charge in [0.05, 0.1) is 12.1 Å². The van der Waals surface area contributed by atoms with Gasteiger partial charge >= 0.3 is 14.8 Å². The molecule has 0 fully saturated rings. The van der Waals surface area contributed by atoms with Gasteiger partial charge in [-0.05, 0) is 21.9 Å². The maximum absolute atomic E-state index is 12.1. The number of pyridine rings is 1. The zero-order valence-electron chi connectivity index (χ0n) is 16.2. The fraction of sp³-hybridized carbons (Fsp3) is 0.190. The lowest BCUT2D eigenvalue weighted by atomic mass is 10.1. The number of aromatic nitrogens is 1. The van der Waals surface area contributed by atoms with Gasteiger partial charge < -0.3 is 17.7 Å². The topological polar surface area (TPSA) is 138 Å². The van der Waals surface area contributed by atoms with Crippen LogP contribution in [0.5, 0.6) is 5.75 Å². The van der Waals surface area contributed by atoms with E-state index in [1.54, 1.807) is 17.6 Å². The summed E-state index contributed by atoms with van der Waals surface area (Å²) < 4.78 is 31.8. The van der Waals surface area contributed by atoms with Crippen LogP contribution in [0.15, 0.2) is 60.7 Å². The van der Waals surface area contributed by atoms with Crippen molar-refractivity contribution in [3.8, 4) is 5.75 Å². The molecule has 0 spiro atoms. The number of benzene rings is 2. The molecule has 1 heterocycles. The van der Waals surface area contributed by atoms with Gasteiger partial charge in [-0.25, -0.2) is 0 Å². The number of rotatable bonds is 7. The molecule has 0 aliphatic rings. The van der Waals surface area contributed by atoms with Crippen molar-refractivity contribution in [3.05, 3.63) is 71.7 Å². The van der Waals surface area contributed by atoms with Crippen molar-refractivity contribution in [2.75, 3.05) is 0 Å². The second-order valence-electron chi connectivity index (χ2n) is 6.17. The van der Waals surface area contributed by atoms with Gasteiger partial charge in [-0.1, -0.05) is 49.4 Å². The molecule has 3 rings (SSSR count). The van der Waals surface area contributed by atoms with E-state index in [0.717, 1.165) is 10.9 Å². The number of para-hydroxylation sites is 1. The van der Waals surface area contributed by atoms with Crippen molar-refractivity contribution in [3.63, 3.8) is 0 Å². The normalized spacial score (nSPS) is 10.4. The van der Waals surface area contributed by atoms with Crippen LogP contribution in [0, 0.1) is 20.2 Å². The molecule has 0 bridgehead atoms. The summed E-state index contributed by atoms with van der Waals surface area (Å²) in [7, 11) is 0. The second-order valence-corrected chi connectivity index (χ2v) is 7.02. The zero-order valence-corrected chi connectivity index (χ0v) is 17.8. The maximum atomic E-state index is 12.1. The first-order chi connectivity index (χ1) is 14.3. The summed E-state index contributed by atoms with van der Waals surface area (Å²) in [4.78, 5) is 23.7. The SMILES string of the molecule is CCC(=O)C(=O)Cn1c(=N)cc(OCc2ccccc2)c2ccccc21.[O-][Br+2]([O-])O. The highest BCUT2D eigenvalue weighted by Crippen LogP contribution is 2.24. The molecule has 0 aliphatic carbocycles. The van der Waals surface area contributed by atoms with Crippen LogP contribution in [0.2, 0.25) is 0 Å². The summed E-state index contributed by atoms with van der Waals surface area (Å²) in [5.74, 6) is -0.334. The molecule has 9 heteroatoms. The molecule has 0 atom stereocenters. The smallest absolute Gasteiger partial charge is 0.433 e. The van der Waals surface area contributed by atoms with E-state index >= 15 is 0 Å². The highest BCUT2D eigenvalue weighted by atomic mass is 80.0. The van der Waals surface area contributed by atoms with Gasteiger partial charge in [-0.3, -0.25) is 15.0 Å². The molecule has 0 unspecified atom stereocenters. The Bertz CT molecular complexity index is 1060. The minimum atomic E-state index is -3.40. The lowest BCUT2D eigenvalue weighted by molar-refractivity contribution is -1.63. The number of carbonyl (C=O) groups excluding carboxylic acids is 2. The van der Waals surface area contributed by atoms with Gasteiger partial charge in [0.2, 0.25) is 5.78 Å². The third-order valence-electron chi connectivity index (χ3n) is 4.19. The lowest BCUT2D eigenvalue weighted by Gasteiger charge is -2.15. The number of halogens is 1. The lowest BCUT2D eigenvalue weighted by Crippen LogP contribution is -2.30. The van der Waals surface area contributed by atoms with Crippen LogP contribution in [0.4, 0.5) is 0 Å². The number of nitrogens with zero attached hydrogens (tertiary/aromatic N) is 1. The maximum Gasteiger partial charge on any atom is 0.433 e. The van der Waals surface area contributed by atoms with Crippen molar-refractivity contribution in [1.82, 2.24) is 4.57 Å².